The molecule has 1 aromatic carbocycles. The van der Waals surface area contributed by atoms with Crippen molar-refractivity contribution in [2.45, 2.75) is 12.5 Å². The van der Waals surface area contributed by atoms with E-state index in [1.165, 1.54) is 0 Å². The maximum absolute atomic E-state index is 9.79. The average molecular weight is 286 g/mol. The van der Waals surface area contributed by atoms with E-state index in [-0.39, 0.29) is 6.61 Å². The molecular formula is C14H20ClNO3. The second kappa shape index (κ2) is 7.70. The zero-order valence-corrected chi connectivity index (χ0v) is 11.6. The molecule has 4 nitrogen and oxygen atoms in total. The summed E-state index contributed by atoms with van der Waals surface area (Å²) in [7, 11) is 0. The molecule has 19 heavy (non-hydrogen) atoms. The minimum atomic E-state index is -0.516. The standard InChI is InChI=1S/C14H20ClNO3/c15-12-1-3-14(4-2-12)19-10-13(17)8-16-7-11-5-6-18-9-11/h1-4,11,13,16-17H,5-10H2. The van der Waals surface area contributed by atoms with Crippen LogP contribution in [0.15, 0.2) is 24.3 Å². The summed E-state index contributed by atoms with van der Waals surface area (Å²) < 4.78 is 10.8. The van der Waals surface area contributed by atoms with Gasteiger partial charge in [-0.05, 0) is 36.6 Å². The molecule has 2 rings (SSSR count). The van der Waals surface area contributed by atoms with E-state index < -0.39 is 6.10 Å². The Morgan fingerprint density at radius 1 is 1.42 bits per heavy atom. The highest BCUT2D eigenvalue weighted by molar-refractivity contribution is 6.30. The number of halogens is 1. The van der Waals surface area contributed by atoms with Crippen LogP contribution in [0.1, 0.15) is 6.42 Å². The minimum absolute atomic E-state index is 0.274. The van der Waals surface area contributed by atoms with E-state index in [0.29, 0.717) is 23.2 Å². The largest absolute Gasteiger partial charge is 0.491 e. The molecule has 0 spiro atoms. The van der Waals surface area contributed by atoms with Gasteiger partial charge in [0.2, 0.25) is 0 Å². The zero-order valence-electron chi connectivity index (χ0n) is 10.8. The van der Waals surface area contributed by atoms with Crippen LogP contribution in [0.4, 0.5) is 0 Å². The molecule has 1 aliphatic rings. The first-order valence-corrected chi connectivity index (χ1v) is 6.97. The van der Waals surface area contributed by atoms with E-state index in [4.69, 9.17) is 21.1 Å². The number of hydrogen-bond donors (Lipinski definition) is 2. The van der Waals surface area contributed by atoms with Gasteiger partial charge in [0.05, 0.1) is 6.61 Å². The molecule has 0 aliphatic carbocycles. The topological polar surface area (TPSA) is 50.7 Å². The van der Waals surface area contributed by atoms with Gasteiger partial charge in [0, 0.05) is 24.7 Å². The lowest BCUT2D eigenvalue weighted by Crippen LogP contribution is -2.34. The predicted molar refractivity (Wildman–Crippen MR) is 74.7 cm³/mol. The Morgan fingerprint density at radius 3 is 2.89 bits per heavy atom. The van der Waals surface area contributed by atoms with Crippen molar-refractivity contribution < 1.29 is 14.6 Å². The number of benzene rings is 1. The van der Waals surface area contributed by atoms with E-state index in [2.05, 4.69) is 5.32 Å². The number of aliphatic hydroxyl groups is 1. The van der Waals surface area contributed by atoms with Gasteiger partial charge in [-0.15, -0.1) is 0 Å². The van der Waals surface area contributed by atoms with Gasteiger partial charge in [0.25, 0.3) is 0 Å². The number of nitrogens with one attached hydrogen (secondary N) is 1. The van der Waals surface area contributed by atoms with Gasteiger partial charge in [0.1, 0.15) is 18.5 Å². The van der Waals surface area contributed by atoms with E-state index >= 15 is 0 Å². The number of rotatable bonds is 7. The van der Waals surface area contributed by atoms with Gasteiger partial charge in [-0.25, -0.2) is 0 Å². The van der Waals surface area contributed by atoms with Crippen LogP contribution >= 0.6 is 11.6 Å². The first kappa shape index (κ1) is 14.6. The molecular weight excluding hydrogens is 266 g/mol. The molecule has 0 radical (unpaired) electrons. The van der Waals surface area contributed by atoms with E-state index in [1.54, 1.807) is 24.3 Å². The fourth-order valence-electron chi connectivity index (χ4n) is 1.98. The molecule has 1 heterocycles. The summed E-state index contributed by atoms with van der Waals surface area (Å²) in [6.07, 6.45) is 0.586. The van der Waals surface area contributed by atoms with Crippen molar-refractivity contribution in [2.75, 3.05) is 32.9 Å². The predicted octanol–water partition coefficient (Wildman–Crippen LogP) is 1.71. The maximum Gasteiger partial charge on any atom is 0.119 e. The van der Waals surface area contributed by atoms with Crippen molar-refractivity contribution in [3.63, 3.8) is 0 Å². The maximum atomic E-state index is 9.79. The van der Waals surface area contributed by atoms with Gasteiger partial charge in [-0.1, -0.05) is 11.6 Å². The quantitative estimate of drug-likeness (QED) is 0.801. The molecule has 106 valence electrons. The summed E-state index contributed by atoms with van der Waals surface area (Å²) in [6.45, 7) is 3.37. The number of ether oxygens (including phenoxy) is 2. The molecule has 2 atom stereocenters. The van der Waals surface area contributed by atoms with Crippen LogP contribution in [0.25, 0.3) is 0 Å². The minimum Gasteiger partial charge on any atom is -0.491 e. The van der Waals surface area contributed by atoms with Crippen LogP contribution in [0.5, 0.6) is 5.75 Å². The van der Waals surface area contributed by atoms with Crippen LogP contribution in [-0.4, -0.2) is 44.1 Å². The van der Waals surface area contributed by atoms with Crippen LogP contribution in [0.2, 0.25) is 5.02 Å². The van der Waals surface area contributed by atoms with E-state index in [1.807, 2.05) is 0 Å². The molecule has 0 amide bonds. The van der Waals surface area contributed by atoms with Gasteiger partial charge < -0.3 is 19.9 Å². The van der Waals surface area contributed by atoms with Crippen LogP contribution in [-0.2, 0) is 4.74 Å². The summed E-state index contributed by atoms with van der Waals surface area (Å²) in [5, 5.41) is 13.7. The monoisotopic (exact) mass is 285 g/mol. The Hall–Kier alpha value is -0.810. The summed E-state index contributed by atoms with van der Waals surface area (Å²) >= 11 is 5.78. The van der Waals surface area contributed by atoms with Crippen LogP contribution < -0.4 is 10.1 Å². The summed E-state index contributed by atoms with van der Waals surface area (Å²) in [5.41, 5.74) is 0. The molecule has 0 aromatic heterocycles. The van der Waals surface area contributed by atoms with E-state index in [9.17, 15) is 5.11 Å². The highest BCUT2D eigenvalue weighted by Crippen LogP contribution is 2.15. The summed E-state index contributed by atoms with van der Waals surface area (Å²) in [5.74, 6) is 1.29. The molecule has 0 saturated carbocycles. The normalized spacial score (nSPS) is 20.4. The number of hydrogen-bond acceptors (Lipinski definition) is 4. The van der Waals surface area contributed by atoms with Crippen LogP contribution in [0.3, 0.4) is 0 Å². The number of aliphatic hydroxyl groups excluding tert-OH is 1. The third kappa shape index (κ3) is 5.37. The van der Waals surface area contributed by atoms with Gasteiger partial charge in [0.15, 0.2) is 0 Å². The SMILES string of the molecule is OC(CNCC1CCOC1)COc1ccc(Cl)cc1. The average Bonchev–Trinajstić information content (AvgIpc) is 2.91. The molecule has 2 N–H and O–H groups in total. The summed E-state index contributed by atoms with van der Waals surface area (Å²) in [4.78, 5) is 0. The summed E-state index contributed by atoms with van der Waals surface area (Å²) in [6, 6.07) is 7.11. The van der Waals surface area contributed by atoms with Crippen molar-refractivity contribution >= 4 is 11.6 Å². The first-order valence-electron chi connectivity index (χ1n) is 6.59. The zero-order chi connectivity index (χ0) is 13.5. The molecule has 1 saturated heterocycles. The molecule has 5 heteroatoms. The fourth-order valence-corrected chi connectivity index (χ4v) is 2.11. The van der Waals surface area contributed by atoms with Crippen LogP contribution in [0, 0.1) is 5.92 Å². The van der Waals surface area contributed by atoms with E-state index in [0.717, 1.165) is 26.2 Å². The van der Waals surface area contributed by atoms with Crippen molar-refractivity contribution in [1.82, 2.24) is 5.32 Å². The Balaban J connectivity index is 1.58. The van der Waals surface area contributed by atoms with Gasteiger partial charge in [-0.3, -0.25) is 0 Å². The molecule has 2 unspecified atom stereocenters. The Morgan fingerprint density at radius 2 is 2.21 bits per heavy atom. The fraction of sp³-hybridized carbons (Fsp3) is 0.571. The second-order valence-electron chi connectivity index (χ2n) is 4.81. The van der Waals surface area contributed by atoms with Crippen molar-refractivity contribution in [3.05, 3.63) is 29.3 Å². The Labute approximate surface area is 118 Å². The molecule has 1 aliphatic heterocycles. The highest BCUT2D eigenvalue weighted by atomic mass is 35.5. The second-order valence-corrected chi connectivity index (χ2v) is 5.24. The molecule has 1 fully saturated rings. The van der Waals surface area contributed by atoms with Crippen molar-refractivity contribution in [2.24, 2.45) is 5.92 Å². The Kier molecular flexibility index (Phi) is 5.92. The van der Waals surface area contributed by atoms with Crippen molar-refractivity contribution in [3.8, 4) is 5.75 Å². The molecule has 0 bridgehead atoms. The first-order chi connectivity index (χ1) is 9.24. The lowest BCUT2D eigenvalue weighted by Gasteiger charge is -2.15. The van der Waals surface area contributed by atoms with Gasteiger partial charge >= 0.3 is 0 Å². The lowest BCUT2D eigenvalue weighted by molar-refractivity contribution is 0.105. The Bertz CT molecular complexity index is 365. The smallest absolute Gasteiger partial charge is 0.119 e. The third-order valence-electron chi connectivity index (χ3n) is 3.09. The third-order valence-corrected chi connectivity index (χ3v) is 3.34. The van der Waals surface area contributed by atoms with Crippen molar-refractivity contribution in [1.29, 1.82) is 0 Å². The molecule has 1 aromatic rings. The lowest BCUT2D eigenvalue weighted by atomic mass is 10.1. The van der Waals surface area contributed by atoms with Gasteiger partial charge in [-0.2, -0.15) is 0 Å². The highest BCUT2D eigenvalue weighted by Gasteiger charge is 2.15.